The quantitative estimate of drug-likeness (QED) is 0.710. The Morgan fingerprint density at radius 3 is 3.20 bits per heavy atom. The van der Waals surface area contributed by atoms with Crippen LogP contribution >= 0.6 is 0 Å². The lowest BCUT2D eigenvalue weighted by Gasteiger charge is -2.22. The van der Waals surface area contributed by atoms with E-state index in [0.29, 0.717) is 6.04 Å². The van der Waals surface area contributed by atoms with Crippen molar-refractivity contribution >= 4 is 5.71 Å². The van der Waals surface area contributed by atoms with Crippen molar-refractivity contribution in [1.29, 1.82) is 0 Å². The highest BCUT2D eigenvalue weighted by Crippen LogP contribution is 2.19. The smallest absolute Gasteiger partial charge is 0.0704 e. The van der Waals surface area contributed by atoms with Gasteiger partial charge in [0.2, 0.25) is 0 Å². The van der Waals surface area contributed by atoms with Gasteiger partial charge in [0.1, 0.15) is 0 Å². The van der Waals surface area contributed by atoms with Crippen LogP contribution in [-0.2, 0) is 4.74 Å². The largest absolute Gasteiger partial charge is 0.382 e. The molecular weight excluding hydrogens is 188 g/mol. The summed E-state index contributed by atoms with van der Waals surface area (Å²) < 4.78 is 5.22. The van der Waals surface area contributed by atoms with E-state index in [1.165, 1.54) is 31.4 Å². The van der Waals surface area contributed by atoms with Gasteiger partial charge in [0.05, 0.1) is 18.4 Å². The van der Waals surface area contributed by atoms with E-state index in [9.17, 15) is 0 Å². The fraction of sp³-hybridized carbons (Fsp3) is 0.750. The molecule has 1 aliphatic heterocycles. The molecule has 15 heavy (non-hydrogen) atoms. The van der Waals surface area contributed by atoms with Crippen LogP contribution in [0.25, 0.3) is 0 Å². The third-order valence-corrected chi connectivity index (χ3v) is 3.08. The van der Waals surface area contributed by atoms with Gasteiger partial charge in [-0.15, -0.1) is 0 Å². The summed E-state index contributed by atoms with van der Waals surface area (Å²) in [6.07, 6.45) is 10.4. The van der Waals surface area contributed by atoms with Crippen molar-refractivity contribution < 1.29 is 4.74 Å². The van der Waals surface area contributed by atoms with Crippen LogP contribution in [0.4, 0.5) is 0 Å². The summed E-state index contributed by atoms with van der Waals surface area (Å²) in [5.74, 6) is 0. The maximum absolute atomic E-state index is 5.22. The second-order valence-electron chi connectivity index (χ2n) is 4.30. The molecule has 1 aliphatic carbocycles. The van der Waals surface area contributed by atoms with Gasteiger partial charge >= 0.3 is 0 Å². The molecule has 0 aromatic carbocycles. The maximum atomic E-state index is 5.22. The van der Waals surface area contributed by atoms with Gasteiger partial charge in [0.25, 0.3) is 0 Å². The summed E-state index contributed by atoms with van der Waals surface area (Å²) >= 11 is 0. The van der Waals surface area contributed by atoms with Crippen LogP contribution in [0.15, 0.2) is 17.3 Å². The minimum atomic E-state index is 0.498. The van der Waals surface area contributed by atoms with E-state index in [1.807, 2.05) is 0 Å². The Hall–Kier alpha value is -0.830. The van der Waals surface area contributed by atoms with E-state index in [0.717, 1.165) is 19.6 Å². The molecule has 0 aromatic heterocycles. The average molecular weight is 208 g/mol. The molecule has 0 saturated carbocycles. The highest BCUT2D eigenvalue weighted by Gasteiger charge is 2.23. The fourth-order valence-corrected chi connectivity index (χ4v) is 2.27. The first kappa shape index (κ1) is 10.7. The van der Waals surface area contributed by atoms with E-state index in [4.69, 9.17) is 9.84 Å². The highest BCUT2D eigenvalue weighted by molar-refractivity contribution is 5.95. The van der Waals surface area contributed by atoms with E-state index in [2.05, 4.69) is 17.2 Å². The van der Waals surface area contributed by atoms with Crippen molar-refractivity contribution in [3.05, 3.63) is 12.2 Å². The lowest BCUT2D eigenvalue weighted by atomic mass is 10.1. The Kier molecular flexibility index (Phi) is 3.78. The second-order valence-corrected chi connectivity index (χ2v) is 4.30. The normalized spacial score (nSPS) is 29.0. The Morgan fingerprint density at radius 2 is 2.47 bits per heavy atom. The number of methoxy groups -OCH3 is 1. The Labute approximate surface area is 91.8 Å². The van der Waals surface area contributed by atoms with E-state index >= 15 is 0 Å². The summed E-state index contributed by atoms with van der Waals surface area (Å²) in [6.45, 7) is 1.89. The van der Waals surface area contributed by atoms with Gasteiger partial charge in [-0.2, -0.15) is 5.10 Å². The zero-order chi connectivity index (χ0) is 10.5. The Bertz CT molecular complexity index is 260. The Balaban J connectivity index is 1.97. The van der Waals surface area contributed by atoms with Gasteiger partial charge < -0.3 is 4.74 Å². The predicted octanol–water partition coefficient (Wildman–Crippen LogP) is 2.19. The molecule has 0 spiro atoms. The van der Waals surface area contributed by atoms with Gasteiger partial charge in [0.15, 0.2) is 0 Å². The molecule has 0 unspecified atom stereocenters. The van der Waals surface area contributed by atoms with Crippen molar-refractivity contribution in [2.24, 2.45) is 5.10 Å². The Morgan fingerprint density at radius 1 is 1.53 bits per heavy atom. The summed E-state index contributed by atoms with van der Waals surface area (Å²) in [5.41, 5.74) is 1.24. The number of allylic oxidation sites excluding steroid dienone is 2. The first-order chi connectivity index (χ1) is 7.40. The summed E-state index contributed by atoms with van der Waals surface area (Å²) in [6, 6.07) is 0.498. The number of ether oxygens (including phenoxy) is 1. The SMILES string of the molecule is COC[C@@H]1CCCN1/N=C1\C=CCCC1. The molecule has 1 heterocycles. The average Bonchev–Trinajstić information content (AvgIpc) is 2.68. The van der Waals surface area contributed by atoms with Crippen molar-refractivity contribution in [1.82, 2.24) is 5.01 Å². The van der Waals surface area contributed by atoms with Gasteiger partial charge in [-0.3, -0.25) is 5.01 Å². The number of rotatable bonds is 3. The fourth-order valence-electron chi connectivity index (χ4n) is 2.27. The van der Waals surface area contributed by atoms with E-state index in [1.54, 1.807) is 7.11 Å². The molecule has 0 amide bonds. The van der Waals surface area contributed by atoms with Crippen molar-refractivity contribution in [2.75, 3.05) is 20.3 Å². The lowest BCUT2D eigenvalue weighted by Crippen LogP contribution is -2.29. The minimum Gasteiger partial charge on any atom is -0.382 e. The van der Waals surface area contributed by atoms with Crippen LogP contribution in [0.1, 0.15) is 32.1 Å². The van der Waals surface area contributed by atoms with Crippen molar-refractivity contribution in [3.8, 4) is 0 Å². The molecule has 0 radical (unpaired) electrons. The number of nitrogens with zero attached hydrogens (tertiary/aromatic N) is 2. The molecule has 3 heteroatoms. The lowest BCUT2D eigenvalue weighted by molar-refractivity contribution is 0.118. The first-order valence-electron chi connectivity index (χ1n) is 5.90. The van der Waals surface area contributed by atoms with E-state index in [-0.39, 0.29) is 0 Å². The molecule has 1 saturated heterocycles. The third kappa shape index (κ3) is 2.81. The van der Waals surface area contributed by atoms with Crippen LogP contribution in [0.2, 0.25) is 0 Å². The molecule has 2 aliphatic rings. The molecule has 1 fully saturated rings. The molecule has 0 N–H and O–H groups in total. The molecule has 0 aromatic rings. The van der Waals surface area contributed by atoms with Crippen LogP contribution < -0.4 is 0 Å². The van der Waals surface area contributed by atoms with Crippen molar-refractivity contribution in [2.45, 2.75) is 38.1 Å². The summed E-state index contributed by atoms with van der Waals surface area (Å²) in [4.78, 5) is 0. The number of hydrazone groups is 1. The van der Waals surface area contributed by atoms with Crippen LogP contribution in [0.5, 0.6) is 0 Å². The molecule has 2 rings (SSSR count). The van der Waals surface area contributed by atoms with Crippen LogP contribution in [-0.4, -0.2) is 37.0 Å². The second kappa shape index (κ2) is 5.31. The zero-order valence-electron chi connectivity index (χ0n) is 9.48. The van der Waals surface area contributed by atoms with Gasteiger partial charge in [0, 0.05) is 13.7 Å². The van der Waals surface area contributed by atoms with Crippen LogP contribution in [0.3, 0.4) is 0 Å². The molecule has 0 bridgehead atoms. The van der Waals surface area contributed by atoms with Crippen LogP contribution in [0, 0.1) is 0 Å². The zero-order valence-corrected chi connectivity index (χ0v) is 9.48. The van der Waals surface area contributed by atoms with Gasteiger partial charge in [-0.25, -0.2) is 0 Å². The van der Waals surface area contributed by atoms with Gasteiger partial charge in [-0.1, -0.05) is 6.08 Å². The molecule has 1 atom stereocenters. The molecule has 84 valence electrons. The highest BCUT2D eigenvalue weighted by atomic mass is 16.5. The first-order valence-corrected chi connectivity index (χ1v) is 5.90. The summed E-state index contributed by atoms with van der Waals surface area (Å²) in [7, 11) is 1.77. The molecule has 3 nitrogen and oxygen atoms in total. The van der Waals surface area contributed by atoms with E-state index < -0.39 is 0 Å². The predicted molar refractivity (Wildman–Crippen MR) is 62.0 cm³/mol. The standard InChI is InChI=1S/C12H20N2O/c1-15-10-12-8-5-9-14(12)13-11-6-3-2-4-7-11/h3,6,12H,2,4-5,7-10H2,1H3/b13-11+/t12-/m0/s1. The molecular formula is C12H20N2O. The van der Waals surface area contributed by atoms with Gasteiger partial charge in [-0.05, 0) is 38.2 Å². The third-order valence-electron chi connectivity index (χ3n) is 3.08. The minimum absolute atomic E-state index is 0.498. The monoisotopic (exact) mass is 208 g/mol. The maximum Gasteiger partial charge on any atom is 0.0704 e. The topological polar surface area (TPSA) is 24.8 Å². The van der Waals surface area contributed by atoms with Crippen molar-refractivity contribution in [3.63, 3.8) is 0 Å². The number of hydrogen-bond acceptors (Lipinski definition) is 3. The number of hydrogen-bond donors (Lipinski definition) is 0. The summed E-state index contributed by atoms with van der Waals surface area (Å²) in [5, 5.41) is 6.94.